The highest BCUT2D eigenvalue weighted by atomic mass is 16.5. The smallest absolute Gasteiger partial charge is 0.191 e. The van der Waals surface area contributed by atoms with Gasteiger partial charge in [-0.25, -0.2) is 0 Å². The molecule has 1 aliphatic heterocycles. The molecule has 1 heterocycles. The van der Waals surface area contributed by atoms with Crippen LogP contribution in [-0.2, 0) is 9.47 Å². The van der Waals surface area contributed by atoms with Crippen LogP contribution in [0.15, 0.2) is 4.99 Å². The van der Waals surface area contributed by atoms with Gasteiger partial charge in [0.05, 0.1) is 12.1 Å². The van der Waals surface area contributed by atoms with E-state index in [9.17, 15) is 5.11 Å². The Balaban J connectivity index is 2.38. The number of aliphatic hydroxyl groups is 1. The van der Waals surface area contributed by atoms with Crippen molar-refractivity contribution in [1.29, 1.82) is 0 Å². The van der Waals surface area contributed by atoms with Gasteiger partial charge < -0.3 is 25.2 Å². The number of ether oxygens (including phenoxy) is 2. The molecule has 19 heavy (non-hydrogen) atoms. The van der Waals surface area contributed by atoms with E-state index in [1.54, 1.807) is 7.11 Å². The minimum Gasteiger partial charge on any atom is -0.388 e. The lowest BCUT2D eigenvalue weighted by Gasteiger charge is -2.30. The van der Waals surface area contributed by atoms with Crippen LogP contribution in [0.25, 0.3) is 0 Å². The van der Waals surface area contributed by atoms with E-state index in [-0.39, 0.29) is 0 Å². The predicted octanol–water partition coefficient (Wildman–Crippen LogP) is 0.120. The molecule has 3 N–H and O–H groups in total. The van der Waals surface area contributed by atoms with Gasteiger partial charge in [0.1, 0.15) is 0 Å². The van der Waals surface area contributed by atoms with Crippen molar-refractivity contribution in [3.63, 3.8) is 0 Å². The van der Waals surface area contributed by atoms with E-state index in [2.05, 4.69) is 15.6 Å². The molecule has 1 fully saturated rings. The SMILES string of the molecule is CCNC(=NCC1(O)CCOCC1)NCCCOC. The lowest BCUT2D eigenvalue weighted by molar-refractivity contribution is -0.0565. The third-order valence-corrected chi connectivity index (χ3v) is 3.12. The molecule has 0 bridgehead atoms. The van der Waals surface area contributed by atoms with Crippen LogP contribution in [0.2, 0.25) is 0 Å². The number of nitrogens with one attached hydrogen (secondary N) is 2. The average Bonchev–Trinajstić information content (AvgIpc) is 2.42. The zero-order chi connectivity index (χ0) is 14.0. The molecule has 0 aromatic carbocycles. The Kier molecular flexibility index (Phi) is 7.78. The summed E-state index contributed by atoms with van der Waals surface area (Å²) < 4.78 is 10.3. The van der Waals surface area contributed by atoms with Gasteiger partial charge in [-0.15, -0.1) is 0 Å². The molecular weight excluding hydrogens is 246 g/mol. The summed E-state index contributed by atoms with van der Waals surface area (Å²) in [7, 11) is 1.69. The first-order valence-electron chi connectivity index (χ1n) is 7.01. The Morgan fingerprint density at radius 1 is 1.37 bits per heavy atom. The summed E-state index contributed by atoms with van der Waals surface area (Å²) in [6.07, 6.45) is 2.23. The maximum atomic E-state index is 10.3. The fourth-order valence-corrected chi connectivity index (χ4v) is 1.90. The Morgan fingerprint density at radius 3 is 2.74 bits per heavy atom. The van der Waals surface area contributed by atoms with Crippen molar-refractivity contribution in [2.45, 2.75) is 31.8 Å². The molecule has 0 spiro atoms. The molecule has 0 saturated carbocycles. The number of nitrogens with zero attached hydrogens (tertiary/aromatic N) is 1. The van der Waals surface area contributed by atoms with E-state index in [1.807, 2.05) is 6.92 Å². The molecule has 0 aromatic heterocycles. The molecule has 1 rings (SSSR count). The molecule has 0 amide bonds. The summed E-state index contributed by atoms with van der Waals surface area (Å²) in [5, 5.41) is 16.7. The highest BCUT2D eigenvalue weighted by Gasteiger charge is 2.29. The van der Waals surface area contributed by atoms with Crippen molar-refractivity contribution in [2.24, 2.45) is 4.99 Å². The number of methoxy groups -OCH3 is 1. The van der Waals surface area contributed by atoms with Crippen LogP contribution in [-0.4, -0.2) is 63.2 Å². The summed E-state index contributed by atoms with van der Waals surface area (Å²) in [6, 6.07) is 0. The first-order valence-corrected chi connectivity index (χ1v) is 7.01. The second-order valence-corrected chi connectivity index (χ2v) is 4.81. The molecule has 1 aliphatic rings. The van der Waals surface area contributed by atoms with Crippen LogP contribution in [0.5, 0.6) is 0 Å². The zero-order valence-electron chi connectivity index (χ0n) is 12.1. The van der Waals surface area contributed by atoms with Crippen molar-refractivity contribution in [2.75, 3.05) is 46.6 Å². The van der Waals surface area contributed by atoms with E-state index >= 15 is 0 Å². The fraction of sp³-hybridized carbons (Fsp3) is 0.923. The van der Waals surface area contributed by atoms with E-state index in [1.165, 1.54) is 0 Å². The van der Waals surface area contributed by atoms with E-state index < -0.39 is 5.60 Å². The van der Waals surface area contributed by atoms with E-state index in [0.717, 1.165) is 32.1 Å². The number of aliphatic imine (C=N–C) groups is 1. The third kappa shape index (κ3) is 6.75. The Morgan fingerprint density at radius 2 is 2.11 bits per heavy atom. The highest BCUT2D eigenvalue weighted by molar-refractivity contribution is 5.79. The van der Waals surface area contributed by atoms with Gasteiger partial charge in [0.2, 0.25) is 0 Å². The summed E-state index contributed by atoms with van der Waals surface area (Å²) in [5.74, 6) is 0.749. The molecule has 0 atom stereocenters. The average molecular weight is 273 g/mol. The van der Waals surface area contributed by atoms with Crippen molar-refractivity contribution in [3.05, 3.63) is 0 Å². The number of hydrogen-bond donors (Lipinski definition) is 3. The first kappa shape index (κ1) is 16.2. The highest BCUT2D eigenvalue weighted by Crippen LogP contribution is 2.20. The van der Waals surface area contributed by atoms with Crippen LogP contribution in [0.4, 0.5) is 0 Å². The molecule has 0 radical (unpaired) electrons. The van der Waals surface area contributed by atoms with Crippen LogP contribution in [0.3, 0.4) is 0 Å². The Bertz CT molecular complexity index is 266. The first-order chi connectivity index (χ1) is 9.20. The fourth-order valence-electron chi connectivity index (χ4n) is 1.90. The van der Waals surface area contributed by atoms with Gasteiger partial charge in [0.25, 0.3) is 0 Å². The molecular formula is C13H27N3O3. The molecule has 0 aromatic rings. The van der Waals surface area contributed by atoms with Gasteiger partial charge in [-0.1, -0.05) is 0 Å². The van der Waals surface area contributed by atoms with Crippen LogP contribution >= 0.6 is 0 Å². The quantitative estimate of drug-likeness (QED) is 0.349. The Hall–Kier alpha value is -0.850. The molecule has 6 nitrogen and oxygen atoms in total. The maximum absolute atomic E-state index is 10.3. The number of hydrogen-bond acceptors (Lipinski definition) is 4. The van der Waals surface area contributed by atoms with Gasteiger partial charge in [0.15, 0.2) is 5.96 Å². The molecule has 0 unspecified atom stereocenters. The summed E-state index contributed by atoms with van der Waals surface area (Å²) >= 11 is 0. The largest absolute Gasteiger partial charge is 0.388 e. The van der Waals surface area contributed by atoms with Gasteiger partial charge >= 0.3 is 0 Å². The number of rotatable bonds is 7. The zero-order valence-corrected chi connectivity index (χ0v) is 12.1. The topological polar surface area (TPSA) is 75.1 Å². The molecule has 0 aliphatic carbocycles. The van der Waals surface area contributed by atoms with Gasteiger partial charge in [-0.05, 0) is 13.3 Å². The summed E-state index contributed by atoms with van der Waals surface area (Å²) in [4.78, 5) is 4.45. The minimum absolute atomic E-state index is 0.413. The standard InChI is InChI=1S/C13H27N3O3/c1-3-14-12(15-7-4-8-18-2)16-11-13(17)5-9-19-10-6-13/h17H,3-11H2,1-2H3,(H2,14,15,16). The lowest BCUT2D eigenvalue weighted by Crippen LogP contribution is -2.42. The summed E-state index contributed by atoms with van der Waals surface area (Å²) in [6.45, 7) is 6.01. The summed E-state index contributed by atoms with van der Waals surface area (Å²) in [5.41, 5.74) is -0.715. The van der Waals surface area contributed by atoms with Crippen LogP contribution in [0, 0.1) is 0 Å². The molecule has 112 valence electrons. The maximum Gasteiger partial charge on any atom is 0.191 e. The Labute approximate surface area is 115 Å². The second-order valence-electron chi connectivity index (χ2n) is 4.81. The van der Waals surface area contributed by atoms with Crippen molar-refractivity contribution >= 4 is 5.96 Å². The van der Waals surface area contributed by atoms with Crippen LogP contribution in [0.1, 0.15) is 26.2 Å². The van der Waals surface area contributed by atoms with E-state index in [0.29, 0.717) is 32.6 Å². The van der Waals surface area contributed by atoms with Crippen molar-refractivity contribution in [1.82, 2.24) is 10.6 Å². The lowest BCUT2D eigenvalue weighted by atomic mass is 9.95. The van der Waals surface area contributed by atoms with E-state index in [4.69, 9.17) is 9.47 Å². The minimum atomic E-state index is -0.715. The van der Waals surface area contributed by atoms with Gasteiger partial charge in [-0.2, -0.15) is 0 Å². The normalized spacial score (nSPS) is 19.2. The van der Waals surface area contributed by atoms with Crippen molar-refractivity contribution < 1.29 is 14.6 Å². The molecule has 1 saturated heterocycles. The number of guanidine groups is 1. The van der Waals surface area contributed by atoms with Gasteiger partial charge in [-0.3, -0.25) is 4.99 Å². The second kappa shape index (κ2) is 9.12. The predicted molar refractivity (Wildman–Crippen MR) is 75.5 cm³/mol. The third-order valence-electron chi connectivity index (χ3n) is 3.12. The monoisotopic (exact) mass is 273 g/mol. The van der Waals surface area contributed by atoms with Crippen molar-refractivity contribution in [3.8, 4) is 0 Å². The molecule has 6 heteroatoms. The van der Waals surface area contributed by atoms with Gasteiger partial charge in [0, 0.05) is 52.9 Å². The van der Waals surface area contributed by atoms with Crippen LogP contribution < -0.4 is 10.6 Å².